The fraction of sp³-hybridized carbons (Fsp3) is 0.0741. The molecule has 0 spiro atoms. The molecule has 3 aromatic carbocycles. The number of thioether (sulfide) groups is 2. The highest BCUT2D eigenvalue weighted by molar-refractivity contribution is 8.18. The minimum absolute atomic E-state index is 0.239. The lowest BCUT2D eigenvalue weighted by Gasteiger charge is -2.14. The summed E-state index contributed by atoms with van der Waals surface area (Å²) in [5, 5.41) is 3.52. The molecule has 6 rings (SSSR count). The van der Waals surface area contributed by atoms with E-state index in [1.807, 2.05) is 72.8 Å². The number of fused-ring (bicyclic) bond motifs is 2. The quantitative estimate of drug-likeness (QED) is 0.292. The molecular weight excluding hydrogens is 464 g/mol. The fourth-order valence-corrected chi connectivity index (χ4v) is 5.81. The number of para-hydroxylation sites is 1. The number of carbonyl (C=O) groups is 2. The SMILES string of the molecule is O=C1SC(=Cc2ccc(SC3=Nc4ccccc4C3)o2)C(=O)N1Cc1cccc2ccccc12. The lowest BCUT2D eigenvalue weighted by molar-refractivity contribution is -0.123. The molecule has 166 valence electrons. The molecular formula is C27H18N2O3S2. The molecule has 2 aliphatic heterocycles. The third kappa shape index (κ3) is 3.97. The van der Waals surface area contributed by atoms with Gasteiger partial charge in [-0.15, -0.1) is 0 Å². The topological polar surface area (TPSA) is 62.9 Å². The van der Waals surface area contributed by atoms with Crippen LogP contribution in [0.5, 0.6) is 0 Å². The van der Waals surface area contributed by atoms with Gasteiger partial charge in [-0.3, -0.25) is 14.5 Å². The van der Waals surface area contributed by atoms with Gasteiger partial charge in [-0.2, -0.15) is 0 Å². The Labute approximate surface area is 204 Å². The third-order valence-corrected chi connectivity index (χ3v) is 7.55. The van der Waals surface area contributed by atoms with Gasteiger partial charge in [0.2, 0.25) is 0 Å². The van der Waals surface area contributed by atoms with Crippen LogP contribution in [-0.2, 0) is 17.8 Å². The first-order chi connectivity index (χ1) is 16.6. The zero-order valence-corrected chi connectivity index (χ0v) is 19.6. The minimum atomic E-state index is -0.302. The average molecular weight is 483 g/mol. The van der Waals surface area contributed by atoms with Crippen LogP contribution >= 0.6 is 23.5 Å². The molecule has 1 fully saturated rings. The first-order valence-corrected chi connectivity index (χ1v) is 12.4. The van der Waals surface area contributed by atoms with Crippen LogP contribution in [0, 0.1) is 0 Å². The van der Waals surface area contributed by atoms with Crippen molar-refractivity contribution < 1.29 is 14.0 Å². The van der Waals surface area contributed by atoms with Crippen molar-refractivity contribution in [2.45, 2.75) is 18.1 Å². The Morgan fingerprint density at radius 1 is 0.971 bits per heavy atom. The summed E-state index contributed by atoms with van der Waals surface area (Å²) in [6, 6.07) is 25.6. The van der Waals surface area contributed by atoms with E-state index in [1.54, 1.807) is 6.08 Å². The van der Waals surface area contributed by atoms with E-state index >= 15 is 0 Å². The van der Waals surface area contributed by atoms with Gasteiger partial charge in [-0.1, -0.05) is 60.7 Å². The zero-order chi connectivity index (χ0) is 23.1. The lowest BCUT2D eigenvalue weighted by atomic mass is 10.0. The summed E-state index contributed by atoms with van der Waals surface area (Å²) in [5.41, 5.74) is 3.14. The Balaban J connectivity index is 1.18. The number of carbonyl (C=O) groups excluding carboxylic acids is 2. The number of furan rings is 1. The molecule has 2 amide bonds. The van der Waals surface area contributed by atoms with E-state index in [0.717, 1.165) is 45.2 Å². The highest BCUT2D eigenvalue weighted by atomic mass is 32.2. The van der Waals surface area contributed by atoms with Crippen molar-refractivity contribution in [3.05, 3.63) is 101 Å². The second-order valence-corrected chi connectivity index (χ2v) is 10.0. The van der Waals surface area contributed by atoms with Crippen molar-refractivity contribution in [3.63, 3.8) is 0 Å². The number of benzene rings is 3. The molecule has 0 N–H and O–H groups in total. The Kier molecular flexibility index (Phi) is 5.36. The number of aliphatic imine (C=N–C) groups is 1. The smallest absolute Gasteiger partial charge is 0.293 e. The first-order valence-electron chi connectivity index (χ1n) is 10.8. The summed E-state index contributed by atoms with van der Waals surface area (Å²) in [6.45, 7) is 0.239. The summed E-state index contributed by atoms with van der Waals surface area (Å²) in [4.78, 5) is 32.0. The maximum Gasteiger partial charge on any atom is 0.293 e. The normalized spacial score (nSPS) is 16.5. The second-order valence-electron chi connectivity index (χ2n) is 7.98. The van der Waals surface area contributed by atoms with Gasteiger partial charge in [0.25, 0.3) is 11.1 Å². The third-order valence-electron chi connectivity index (χ3n) is 5.75. The van der Waals surface area contributed by atoms with Crippen molar-refractivity contribution in [2.24, 2.45) is 4.99 Å². The predicted molar refractivity (Wildman–Crippen MR) is 137 cm³/mol. The second kappa shape index (κ2) is 8.66. The van der Waals surface area contributed by atoms with Gasteiger partial charge < -0.3 is 4.42 Å². The summed E-state index contributed by atoms with van der Waals surface area (Å²) in [6.07, 6.45) is 2.42. The van der Waals surface area contributed by atoms with Crippen molar-refractivity contribution >= 4 is 62.2 Å². The largest absolute Gasteiger partial charge is 0.450 e. The minimum Gasteiger partial charge on any atom is -0.450 e. The van der Waals surface area contributed by atoms with Crippen LogP contribution in [0.4, 0.5) is 10.5 Å². The van der Waals surface area contributed by atoms with Gasteiger partial charge >= 0.3 is 0 Å². The van der Waals surface area contributed by atoms with Crippen molar-refractivity contribution in [1.29, 1.82) is 0 Å². The van der Waals surface area contributed by atoms with Crippen LogP contribution in [-0.4, -0.2) is 21.1 Å². The van der Waals surface area contributed by atoms with Gasteiger partial charge in [0.1, 0.15) is 5.76 Å². The highest BCUT2D eigenvalue weighted by Gasteiger charge is 2.35. The lowest BCUT2D eigenvalue weighted by Crippen LogP contribution is -2.27. The number of hydrogen-bond acceptors (Lipinski definition) is 6. The van der Waals surface area contributed by atoms with E-state index < -0.39 is 0 Å². The number of amides is 2. The summed E-state index contributed by atoms with van der Waals surface area (Å²) < 4.78 is 5.91. The Bertz CT molecular complexity index is 1510. The summed E-state index contributed by atoms with van der Waals surface area (Å²) >= 11 is 2.42. The van der Waals surface area contributed by atoms with E-state index in [9.17, 15) is 9.59 Å². The van der Waals surface area contributed by atoms with Crippen LogP contribution in [0.1, 0.15) is 16.9 Å². The number of rotatable bonds is 4. The molecule has 34 heavy (non-hydrogen) atoms. The van der Waals surface area contributed by atoms with E-state index in [1.165, 1.54) is 22.2 Å². The number of nitrogens with zero attached hydrogens (tertiary/aromatic N) is 2. The van der Waals surface area contributed by atoms with Gasteiger partial charge in [-0.25, -0.2) is 4.99 Å². The molecule has 0 aliphatic carbocycles. The van der Waals surface area contributed by atoms with Crippen LogP contribution in [0.15, 0.2) is 98.3 Å². The maximum atomic E-state index is 13.0. The first kappa shape index (κ1) is 21.0. The molecule has 0 unspecified atom stereocenters. The average Bonchev–Trinajstić information content (AvgIpc) is 3.53. The van der Waals surface area contributed by atoms with Gasteiger partial charge in [-0.05, 0) is 63.6 Å². The van der Waals surface area contributed by atoms with Gasteiger partial charge in [0.15, 0.2) is 5.09 Å². The molecule has 3 heterocycles. The van der Waals surface area contributed by atoms with E-state index in [4.69, 9.17) is 4.42 Å². The van der Waals surface area contributed by atoms with E-state index in [-0.39, 0.29) is 17.7 Å². The standard InChI is InChI=1S/C27H18N2O3S2/c30-26-23(33-27(31)29(26)16-19-9-5-8-17-6-1-3-10-21(17)19)15-20-12-13-25(32-20)34-24-14-18-7-2-4-11-22(18)28-24/h1-13,15H,14,16H2. The van der Waals surface area contributed by atoms with Crippen molar-refractivity contribution in [1.82, 2.24) is 4.90 Å². The van der Waals surface area contributed by atoms with Gasteiger partial charge in [0.05, 0.1) is 22.2 Å². The van der Waals surface area contributed by atoms with Gasteiger partial charge in [0, 0.05) is 12.5 Å². The maximum absolute atomic E-state index is 13.0. The highest BCUT2D eigenvalue weighted by Crippen LogP contribution is 2.36. The predicted octanol–water partition coefficient (Wildman–Crippen LogP) is 7.05. The Hall–Kier alpha value is -3.55. The van der Waals surface area contributed by atoms with Crippen LogP contribution in [0.3, 0.4) is 0 Å². The number of hydrogen-bond donors (Lipinski definition) is 0. The molecule has 2 aliphatic rings. The molecule has 1 aromatic heterocycles. The van der Waals surface area contributed by atoms with Crippen LogP contribution in [0.2, 0.25) is 0 Å². The molecule has 4 aromatic rings. The molecule has 0 atom stereocenters. The molecule has 0 saturated carbocycles. The molecule has 0 bridgehead atoms. The number of imide groups is 1. The summed E-state index contributed by atoms with van der Waals surface area (Å²) in [7, 11) is 0. The molecule has 5 nitrogen and oxygen atoms in total. The molecule has 0 radical (unpaired) electrons. The van der Waals surface area contributed by atoms with Crippen molar-refractivity contribution in [3.8, 4) is 0 Å². The Morgan fingerprint density at radius 2 is 1.79 bits per heavy atom. The summed E-state index contributed by atoms with van der Waals surface area (Å²) in [5.74, 6) is 0.235. The molecule has 1 saturated heterocycles. The van der Waals surface area contributed by atoms with E-state index in [2.05, 4.69) is 11.1 Å². The van der Waals surface area contributed by atoms with Crippen LogP contribution in [0.25, 0.3) is 16.8 Å². The Morgan fingerprint density at radius 3 is 2.71 bits per heavy atom. The fourth-order valence-electron chi connectivity index (χ4n) is 4.11. The van der Waals surface area contributed by atoms with E-state index in [0.29, 0.717) is 15.8 Å². The van der Waals surface area contributed by atoms with Crippen LogP contribution < -0.4 is 0 Å². The zero-order valence-electron chi connectivity index (χ0n) is 17.9. The monoisotopic (exact) mass is 482 g/mol. The van der Waals surface area contributed by atoms with Crippen molar-refractivity contribution in [2.75, 3.05) is 0 Å². The molecule has 7 heteroatoms.